The van der Waals surface area contributed by atoms with Crippen LogP contribution in [0.15, 0.2) is 52.2 Å². The molecule has 0 saturated heterocycles. The van der Waals surface area contributed by atoms with Crippen LogP contribution in [0.1, 0.15) is 10.5 Å². The number of nitrogens with zero attached hydrogens (tertiary/aromatic N) is 2. The van der Waals surface area contributed by atoms with Crippen LogP contribution in [0, 0.1) is 4.91 Å². The van der Waals surface area contributed by atoms with E-state index in [-0.39, 0.29) is 46.5 Å². The second-order valence-electron chi connectivity index (χ2n) is 5.55. The zero-order valence-electron chi connectivity index (χ0n) is 14.3. The third-order valence-corrected chi connectivity index (χ3v) is 3.61. The van der Waals surface area contributed by atoms with E-state index in [2.05, 4.69) is 15.7 Å². The maximum atomic E-state index is 12.2. The van der Waals surface area contributed by atoms with Crippen LogP contribution in [0.4, 0.5) is 10.1 Å². The van der Waals surface area contributed by atoms with E-state index in [1.54, 1.807) is 0 Å². The Balaban J connectivity index is 1.95. The molecule has 0 unspecified atom stereocenters. The Hall–Kier alpha value is -3.95. The molecule has 0 fully saturated rings. The van der Waals surface area contributed by atoms with Gasteiger partial charge in [0.1, 0.15) is 40.9 Å². The van der Waals surface area contributed by atoms with Crippen molar-refractivity contribution in [2.45, 2.75) is 0 Å². The first-order valence-corrected chi connectivity index (χ1v) is 8.00. The number of alkyl halides is 1. The third kappa shape index (κ3) is 4.06. The molecule has 2 aromatic carbocycles. The number of rotatable bonds is 7. The predicted octanol–water partition coefficient (Wildman–Crippen LogP) is 3.64. The van der Waals surface area contributed by atoms with Crippen LogP contribution < -0.4 is 10.1 Å². The number of phenols is 2. The van der Waals surface area contributed by atoms with Crippen molar-refractivity contribution < 1.29 is 28.7 Å². The zero-order valence-corrected chi connectivity index (χ0v) is 14.3. The van der Waals surface area contributed by atoms with Gasteiger partial charge in [0.2, 0.25) is 0 Å². The third-order valence-electron chi connectivity index (χ3n) is 3.61. The molecule has 9 nitrogen and oxygen atoms in total. The van der Waals surface area contributed by atoms with Crippen LogP contribution >= 0.6 is 0 Å². The van der Waals surface area contributed by atoms with Crippen LogP contribution in [-0.4, -0.2) is 34.5 Å². The number of hydrogen-bond donors (Lipinski definition) is 3. The fourth-order valence-electron chi connectivity index (χ4n) is 2.37. The summed E-state index contributed by atoms with van der Waals surface area (Å²) in [5.74, 6) is -1.01. The average Bonchev–Trinajstić information content (AvgIpc) is 3.16. The summed E-state index contributed by atoms with van der Waals surface area (Å²) in [5.41, 5.74) is 0.112. The molecule has 10 heteroatoms. The van der Waals surface area contributed by atoms with Gasteiger partial charge in [0.15, 0.2) is 11.5 Å². The van der Waals surface area contributed by atoms with Gasteiger partial charge in [0.25, 0.3) is 5.91 Å². The van der Waals surface area contributed by atoms with Crippen molar-refractivity contribution >= 4 is 11.6 Å². The van der Waals surface area contributed by atoms with E-state index in [4.69, 9.17) is 9.26 Å². The number of halogens is 1. The summed E-state index contributed by atoms with van der Waals surface area (Å²) >= 11 is 0. The number of carbonyl (C=O) groups excluding carboxylic acids is 1. The Morgan fingerprint density at radius 2 is 1.96 bits per heavy atom. The number of hydrogen-bond acceptors (Lipinski definition) is 8. The van der Waals surface area contributed by atoms with Gasteiger partial charge in [-0.3, -0.25) is 4.79 Å². The number of aromatic nitrogens is 1. The number of nitrogens with one attached hydrogen (secondary N) is 1. The second-order valence-corrected chi connectivity index (χ2v) is 5.55. The Morgan fingerprint density at radius 1 is 1.21 bits per heavy atom. The van der Waals surface area contributed by atoms with Crippen molar-refractivity contribution in [1.82, 2.24) is 10.5 Å². The van der Waals surface area contributed by atoms with Crippen molar-refractivity contribution in [2.24, 2.45) is 5.18 Å². The highest BCUT2D eigenvalue weighted by molar-refractivity contribution is 5.93. The van der Waals surface area contributed by atoms with E-state index < -0.39 is 12.6 Å². The van der Waals surface area contributed by atoms with Gasteiger partial charge in [0, 0.05) is 24.7 Å². The molecule has 0 bridgehead atoms. The topological polar surface area (TPSA) is 134 Å². The van der Waals surface area contributed by atoms with Crippen molar-refractivity contribution in [3.8, 4) is 34.3 Å². The molecule has 0 saturated carbocycles. The fourth-order valence-corrected chi connectivity index (χ4v) is 2.37. The molecule has 0 spiro atoms. The van der Waals surface area contributed by atoms with Crippen LogP contribution in [0.2, 0.25) is 0 Å². The van der Waals surface area contributed by atoms with Crippen LogP contribution in [0.5, 0.6) is 23.0 Å². The summed E-state index contributed by atoms with van der Waals surface area (Å²) in [4.78, 5) is 22.4. The standard InChI is InChI=1S/C18H14FN3O6/c19-5-6-20-18(25)13-9-16(28-22-13)17-14(24)7-11(23)8-15(17)27-12-3-1-10(21-26)2-4-12/h1-4,7-9,23-24H,5-6H2,(H,20,25). The highest BCUT2D eigenvalue weighted by atomic mass is 19.1. The van der Waals surface area contributed by atoms with Gasteiger partial charge in [-0.05, 0) is 29.4 Å². The molecule has 1 aromatic heterocycles. The number of amides is 1. The molecule has 0 aliphatic rings. The van der Waals surface area contributed by atoms with Crippen molar-refractivity contribution in [1.29, 1.82) is 0 Å². The van der Waals surface area contributed by atoms with Gasteiger partial charge < -0.3 is 24.8 Å². The molecule has 144 valence electrons. The SMILES string of the molecule is O=Nc1ccc(Oc2cc(O)cc(O)c2-c2cc(C(=O)NCCF)no2)cc1. The van der Waals surface area contributed by atoms with Crippen LogP contribution in [-0.2, 0) is 0 Å². The normalized spacial score (nSPS) is 10.5. The molecule has 0 radical (unpaired) electrons. The molecule has 3 N–H and O–H groups in total. The van der Waals surface area contributed by atoms with Crippen molar-refractivity contribution in [3.05, 3.63) is 53.1 Å². The van der Waals surface area contributed by atoms with Crippen LogP contribution in [0.3, 0.4) is 0 Å². The van der Waals surface area contributed by atoms with E-state index in [0.717, 1.165) is 6.07 Å². The second kappa shape index (κ2) is 8.16. The zero-order chi connectivity index (χ0) is 20.1. The number of phenolic OH excluding ortho intramolecular Hbond substituents is 2. The van der Waals surface area contributed by atoms with Gasteiger partial charge in [-0.25, -0.2) is 4.39 Å². The Morgan fingerprint density at radius 3 is 2.64 bits per heavy atom. The van der Waals surface area contributed by atoms with Gasteiger partial charge in [-0.2, -0.15) is 0 Å². The highest BCUT2D eigenvalue weighted by Gasteiger charge is 2.21. The molecule has 3 rings (SSSR count). The Labute approximate surface area is 157 Å². The lowest BCUT2D eigenvalue weighted by molar-refractivity contribution is 0.0942. The maximum absolute atomic E-state index is 12.2. The van der Waals surface area contributed by atoms with Gasteiger partial charge in [-0.1, -0.05) is 5.16 Å². The lowest BCUT2D eigenvalue weighted by atomic mass is 10.1. The summed E-state index contributed by atoms with van der Waals surface area (Å²) in [5, 5.41) is 28.7. The van der Waals surface area contributed by atoms with Crippen molar-refractivity contribution in [2.75, 3.05) is 13.2 Å². The molecular formula is C18H14FN3O6. The van der Waals surface area contributed by atoms with Gasteiger partial charge in [0.05, 0.1) is 0 Å². The van der Waals surface area contributed by atoms with Crippen molar-refractivity contribution in [3.63, 3.8) is 0 Å². The minimum absolute atomic E-state index is 0.0101. The number of carbonyl (C=O) groups is 1. The summed E-state index contributed by atoms with van der Waals surface area (Å²) in [6, 6.07) is 9.32. The molecule has 1 heterocycles. The summed E-state index contributed by atoms with van der Waals surface area (Å²) in [7, 11) is 0. The molecule has 0 atom stereocenters. The lowest BCUT2D eigenvalue weighted by Gasteiger charge is -2.11. The summed E-state index contributed by atoms with van der Waals surface area (Å²) < 4.78 is 22.9. The maximum Gasteiger partial charge on any atom is 0.273 e. The molecule has 0 aliphatic heterocycles. The molecule has 0 aliphatic carbocycles. The number of nitroso groups, excluding NO2 is 1. The summed E-state index contributed by atoms with van der Waals surface area (Å²) in [6.45, 7) is -0.906. The van der Waals surface area contributed by atoms with E-state index in [1.807, 2.05) is 0 Å². The van der Waals surface area contributed by atoms with E-state index in [1.165, 1.54) is 36.4 Å². The largest absolute Gasteiger partial charge is 0.508 e. The quantitative estimate of drug-likeness (QED) is 0.527. The first kappa shape index (κ1) is 18.8. The molecule has 28 heavy (non-hydrogen) atoms. The number of ether oxygens (including phenoxy) is 1. The van der Waals surface area contributed by atoms with E-state index in [9.17, 15) is 24.3 Å². The van der Waals surface area contributed by atoms with Gasteiger partial charge >= 0.3 is 0 Å². The monoisotopic (exact) mass is 387 g/mol. The Kier molecular flexibility index (Phi) is 5.49. The smallest absolute Gasteiger partial charge is 0.273 e. The summed E-state index contributed by atoms with van der Waals surface area (Å²) in [6.07, 6.45) is 0. The minimum Gasteiger partial charge on any atom is -0.508 e. The average molecular weight is 387 g/mol. The first-order chi connectivity index (χ1) is 13.5. The van der Waals surface area contributed by atoms with E-state index in [0.29, 0.717) is 5.75 Å². The number of benzene rings is 2. The van der Waals surface area contributed by atoms with Gasteiger partial charge in [-0.15, -0.1) is 4.91 Å². The highest BCUT2D eigenvalue weighted by Crippen LogP contribution is 2.43. The van der Waals surface area contributed by atoms with E-state index >= 15 is 0 Å². The lowest BCUT2D eigenvalue weighted by Crippen LogP contribution is -2.25. The number of aromatic hydroxyl groups is 2. The fraction of sp³-hybridized carbons (Fsp3) is 0.111. The predicted molar refractivity (Wildman–Crippen MR) is 95.5 cm³/mol. The first-order valence-electron chi connectivity index (χ1n) is 8.00. The minimum atomic E-state index is -0.731. The van der Waals surface area contributed by atoms with Crippen LogP contribution in [0.25, 0.3) is 11.3 Å². The molecule has 3 aromatic rings. The molecule has 1 amide bonds. The Bertz CT molecular complexity index is 1000. The molecular weight excluding hydrogens is 373 g/mol.